The van der Waals surface area contributed by atoms with Crippen molar-refractivity contribution in [2.24, 2.45) is 0 Å². The van der Waals surface area contributed by atoms with Gasteiger partial charge >= 0.3 is 0 Å². The Morgan fingerprint density at radius 2 is 2.21 bits per heavy atom. The predicted octanol–water partition coefficient (Wildman–Crippen LogP) is 2.03. The van der Waals surface area contributed by atoms with Crippen molar-refractivity contribution >= 4 is 16.3 Å². The Hall–Kier alpha value is -2.38. The zero-order valence-corrected chi connectivity index (χ0v) is 14.0. The summed E-state index contributed by atoms with van der Waals surface area (Å²) in [6.45, 7) is 1.80. The minimum absolute atomic E-state index is 0.0449. The van der Waals surface area contributed by atoms with E-state index in [2.05, 4.69) is 9.88 Å². The first-order valence-electron chi connectivity index (χ1n) is 7.72. The summed E-state index contributed by atoms with van der Waals surface area (Å²) < 4.78 is 13.3. The van der Waals surface area contributed by atoms with Gasteiger partial charge < -0.3 is 9.47 Å². The molecule has 0 fully saturated rings. The van der Waals surface area contributed by atoms with Crippen LogP contribution in [0.1, 0.15) is 5.69 Å². The lowest BCUT2D eigenvalue weighted by Crippen LogP contribution is -2.39. The molecule has 1 aliphatic heterocycles. The number of ether oxygens (including phenoxy) is 2. The Labute approximate surface area is 142 Å². The standard InChI is InChI=1S/C17H17N3O3S/c1-19(9-12-8-16(21)20-6-7-24-17(20)18-12)10-13-11-22-14-4-2-3-5-15(14)23-13/h2-8,13H,9-11H2,1H3. The molecule has 6 nitrogen and oxygen atoms in total. The van der Waals surface area contributed by atoms with Crippen LogP contribution < -0.4 is 15.0 Å². The molecule has 1 unspecified atom stereocenters. The van der Waals surface area contributed by atoms with Gasteiger partial charge in [-0.1, -0.05) is 12.1 Å². The molecule has 4 rings (SSSR count). The molecular weight excluding hydrogens is 326 g/mol. The maximum absolute atomic E-state index is 12.0. The molecule has 24 heavy (non-hydrogen) atoms. The van der Waals surface area contributed by atoms with Crippen molar-refractivity contribution in [3.05, 3.63) is 58.0 Å². The molecule has 0 amide bonds. The Morgan fingerprint density at radius 1 is 1.38 bits per heavy atom. The molecule has 1 aromatic carbocycles. The monoisotopic (exact) mass is 343 g/mol. The fraction of sp³-hybridized carbons (Fsp3) is 0.294. The minimum atomic E-state index is -0.0455. The maximum Gasteiger partial charge on any atom is 0.258 e. The molecule has 0 bridgehead atoms. The molecule has 0 spiro atoms. The number of rotatable bonds is 4. The van der Waals surface area contributed by atoms with Crippen LogP contribution in [-0.4, -0.2) is 40.6 Å². The van der Waals surface area contributed by atoms with Crippen molar-refractivity contribution in [1.82, 2.24) is 14.3 Å². The average Bonchev–Trinajstić information content (AvgIpc) is 3.03. The third kappa shape index (κ3) is 3.00. The van der Waals surface area contributed by atoms with Crippen LogP contribution in [0.3, 0.4) is 0 Å². The number of nitrogens with zero attached hydrogens (tertiary/aromatic N) is 3. The van der Waals surface area contributed by atoms with E-state index >= 15 is 0 Å². The third-order valence-electron chi connectivity index (χ3n) is 3.87. The zero-order chi connectivity index (χ0) is 16.5. The molecule has 0 saturated carbocycles. The van der Waals surface area contributed by atoms with Crippen LogP contribution in [-0.2, 0) is 6.54 Å². The number of thiazole rings is 1. The van der Waals surface area contributed by atoms with Gasteiger partial charge in [-0.2, -0.15) is 0 Å². The van der Waals surface area contributed by atoms with E-state index in [9.17, 15) is 4.79 Å². The summed E-state index contributed by atoms with van der Waals surface area (Å²) in [5.41, 5.74) is 0.720. The number of hydrogen-bond donors (Lipinski definition) is 0. The first kappa shape index (κ1) is 15.2. The van der Waals surface area contributed by atoms with Crippen LogP contribution >= 0.6 is 11.3 Å². The van der Waals surface area contributed by atoms with Crippen LogP contribution in [0.4, 0.5) is 0 Å². The molecule has 1 atom stereocenters. The summed E-state index contributed by atoms with van der Waals surface area (Å²) in [5, 5.41) is 1.86. The number of para-hydroxylation sites is 2. The van der Waals surface area contributed by atoms with E-state index in [0.29, 0.717) is 19.7 Å². The Kier molecular flexibility index (Phi) is 3.95. The minimum Gasteiger partial charge on any atom is -0.486 e. The highest BCUT2D eigenvalue weighted by molar-refractivity contribution is 7.15. The van der Waals surface area contributed by atoms with Crippen molar-refractivity contribution in [2.45, 2.75) is 12.6 Å². The second-order valence-electron chi connectivity index (χ2n) is 5.84. The summed E-state index contributed by atoms with van der Waals surface area (Å²) in [4.78, 5) is 19.4. The van der Waals surface area contributed by atoms with Gasteiger partial charge in [-0.3, -0.25) is 14.1 Å². The van der Waals surface area contributed by atoms with Gasteiger partial charge in [0.15, 0.2) is 16.5 Å². The van der Waals surface area contributed by atoms with Crippen LogP contribution in [0.15, 0.2) is 46.7 Å². The van der Waals surface area contributed by atoms with Gasteiger partial charge in [0.25, 0.3) is 5.56 Å². The summed E-state index contributed by atoms with van der Waals surface area (Å²) in [7, 11) is 1.99. The van der Waals surface area contributed by atoms with Gasteiger partial charge in [0.05, 0.1) is 5.69 Å². The normalized spacial score (nSPS) is 16.7. The average molecular weight is 343 g/mol. The van der Waals surface area contributed by atoms with Gasteiger partial charge in [-0.25, -0.2) is 4.98 Å². The fourth-order valence-corrected chi connectivity index (χ4v) is 3.55. The topological polar surface area (TPSA) is 56.1 Å². The molecule has 0 saturated heterocycles. The first-order valence-corrected chi connectivity index (χ1v) is 8.60. The van der Waals surface area contributed by atoms with E-state index in [1.165, 1.54) is 11.3 Å². The number of aromatic nitrogens is 2. The van der Waals surface area contributed by atoms with E-state index in [1.807, 2.05) is 36.7 Å². The molecule has 0 aliphatic carbocycles. The van der Waals surface area contributed by atoms with Crippen LogP contribution in [0, 0.1) is 0 Å². The molecule has 3 heterocycles. The van der Waals surface area contributed by atoms with Crippen LogP contribution in [0.5, 0.6) is 11.5 Å². The fourth-order valence-electron chi connectivity index (χ4n) is 2.81. The smallest absolute Gasteiger partial charge is 0.258 e. The van der Waals surface area contributed by atoms with E-state index in [-0.39, 0.29) is 11.7 Å². The lowest BCUT2D eigenvalue weighted by molar-refractivity contribution is 0.0635. The van der Waals surface area contributed by atoms with Gasteiger partial charge in [0, 0.05) is 30.7 Å². The summed E-state index contributed by atoms with van der Waals surface area (Å²) in [6, 6.07) is 9.27. The van der Waals surface area contributed by atoms with Crippen molar-refractivity contribution in [1.29, 1.82) is 0 Å². The Balaban J connectivity index is 1.43. The first-order chi connectivity index (χ1) is 11.7. The molecule has 1 aliphatic rings. The lowest BCUT2D eigenvalue weighted by Gasteiger charge is -2.29. The van der Waals surface area contributed by atoms with Gasteiger partial charge in [-0.05, 0) is 19.2 Å². The third-order valence-corrected chi connectivity index (χ3v) is 4.63. The van der Waals surface area contributed by atoms with E-state index in [1.54, 1.807) is 16.7 Å². The lowest BCUT2D eigenvalue weighted by atomic mass is 10.2. The molecule has 0 radical (unpaired) electrons. The van der Waals surface area contributed by atoms with Gasteiger partial charge in [0.2, 0.25) is 0 Å². The SMILES string of the molecule is CN(Cc1cc(=O)n2ccsc2n1)CC1COc2ccccc2O1. The van der Waals surface area contributed by atoms with Crippen molar-refractivity contribution in [3.63, 3.8) is 0 Å². The number of fused-ring (bicyclic) bond motifs is 2. The maximum atomic E-state index is 12.0. The van der Waals surface area contributed by atoms with E-state index < -0.39 is 0 Å². The number of benzene rings is 1. The second-order valence-corrected chi connectivity index (χ2v) is 6.71. The van der Waals surface area contributed by atoms with Crippen molar-refractivity contribution in [2.75, 3.05) is 20.2 Å². The highest BCUT2D eigenvalue weighted by Crippen LogP contribution is 2.30. The van der Waals surface area contributed by atoms with Gasteiger partial charge in [0.1, 0.15) is 12.7 Å². The highest BCUT2D eigenvalue weighted by atomic mass is 32.1. The van der Waals surface area contributed by atoms with Gasteiger partial charge in [-0.15, -0.1) is 11.3 Å². The zero-order valence-electron chi connectivity index (χ0n) is 13.2. The predicted molar refractivity (Wildman–Crippen MR) is 92.0 cm³/mol. The summed E-state index contributed by atoms with van der Waals surface area (Å²) in [6.07, 6.45) is 1.70. The van der Waals surface area contributed by atoms with Crippen molar-refractivity contribution < 1.29 is 9.47 Å². The van der Waals surface area contributed by atoms with Crippen LogP contribution in [0.25, 0.3) is 4.96 Å². The molecule has 3 aromatic rings. The molecule has 2 aromatic heterocycles. The van der Waals surface area contributed by atoms with E-state index in [0.717, 1.165) is 22.2 Å². The molecule has 7 heteroatoms. The molecule has 0 N–H and O–H groups in total. The van der Waals surface area contributed by atoms with Crippen molar-refractivity contribution in [3.8, 4) is 11.5 Å². The Morgan fingerprint density at radius 3 is 3.08 bits per heavy atom. The second kappa shape index (κ2) is 6.26. The summed E-state index contributed by atoms with van der Waals surface area (Å²) in [5.74, 6) is 1.56. The summed E-state index contributed by atoms with van der Waals surface area (Å²) >= 11 is 1.46. The van der Waals surface area contributed by atoms with E-state index in [4.69, 9.17) is 9.47 Å². The van der Waals surface area contributed by atoms with Crippen LogP contribution in [0.2, 0.25) is 0 Å². The molecule has 124 valence electrons. The number of hydrogen-bond acceptors (Lipinski definition) is 6. The Bertz CT molecular complexity index is 921. The quantitative estimate of drug-likeness (QED) is 0.725. The highest BCUT2D eigenvalue weighted by Gasteiger charge is 2.22. The molecular formula is C17H17N3O3S. The number of likely N-dealkylation sites (N-methyl/N-ethyl adjacent to an activating group) is 1. The largest absolute Gasteiger partial charge is 0.486 e.